The van der Waals surface area contributed by atoms with Crippen molar-refractivity contribution >= 4 is 5.69 Å². The van der Waals surface area contributed by atoms with Crippen molar-refractivity contribution in [3.63, 3.8) is 0 Å². The molecule has 0 saturated heterocycles. The number of benzene rings is 1. The summed E-state index contributed by atoms with van der Waals surface area (Å²) >= 11 is 0. The van der Waals surface area contributed by atoms with E-state index in [9.17, 15) is 0 Å². The lowest BCUT2D eigenvalue weighted by atomic mass is 10.1. The van der Waals surface area contributed by atoms with Gasteiger partial charge in [-0.2, -0.15) is 0 Å². The van der Waals surface area contributed by atoms with Gasteiger partial charge in [-0.1, -0.05) is 36.8 Å². The van der Waals surface area contributed by atoms with Crippen LogP contribution in [0.2, 0.25) is 0 Å². The van der Waals surface area contributed by atoms with Crippen molar-refractivity contribution in [2.75, 3.05) is 18.5 Å². The number of nitrogens with zero attached hydrogens (tertiary/aromatic N) is 2. The lowest BCUT2D eigenvalue weighted by Gasteiger charge is -2.22. The van der Waals surface area contributed by atoms with Crippen molar-refractivity contribution in [3.05, 3.63) is 59.4 Å². The van der Waals surface area contributed by atoms with Gasteiger partial charge in [0.05, 0.1) is 11.9 Å². The Labute approximate surface area is 128 Å². The van der Waals surface area contributed by atoms with Crippen molar-refractivity contribution < 1.29 is 0 Å². The normalized spacial score (nSPS) is 10.6. The number of hydrogen-bond acceptors (Lipinski definition) is 3. The zero-order valence-corrected chi connectivity index (χ0v) is 13.3. The first kappa shape index (κ1) is 15.5. The Balaban J connectivity index is 2.09. The third-order valence-electron chi connectivity index (χ3n) is 3.54. The number of aromatic nitrogens is 1. The zero-order chi connectivity index (χ0) is 15.1. The molecular formula is C18H25N3. The van der Waals surface area contributed by atoms with Crippen molar-refractivity contribution in [1.82, 2.24) is 10.3 Å². The zero-order valence-electron chi connectivity index (χ0n) is 13.3. The van der Waals surface area contributed by atoms with E-state index in [1.54, 1.807) is 0 Å². The molecule has 0 aliphatic heterocycles. The van der Waals surface area contributed by atoms with Crippen molar-refractivity contribution in [2.24, 2.45) is 0 Å². The van der Waals surface area contributed by atoms with E-state index in [1.807, 2.05) is 12.4 Å². The Hall–Kier alpha value is -1.87. The molecule has 1 N–H and O–H groups in total. The van der Waals surface area contributed by atoms with Crippen molar-refractivity contribution in [3.8, 4) is 0 Å². The van der Waals surface area contributed by atoms with Gasteiger partial charge in [0.2, 0.25) is 0 Å². The summed E-state index contributed by atoms with van der Waals surface area (Å²) in [6.45, 7) is 7.15. The van der Waals surface area contributed by atoms with Crippen LogP contribution in [0.1, 0.15) is 30.0 Å². The molecule has 0 aliphatic rings. The molecule has 0 bridgehead atoms. The molecule has 112 valence electrons. The monoisotopic (exact) mass is 283 g/mol. The van der Waals surface area contributed by atoms with Gasteiger partial charge in [-0.25, -0.2) is 0 Å². The number of nitrogens with one attached hydrogen (secondary N) is 1. The molecule has 0 radical (unpaired) electrons. The molecule has 0 spiro atoms. The first-order valence-corrected chi connectivity index (χ1v) is 7.61. The molecule has 3 nitrogen and oxygen atoms in total. The first-order chi connectivity index (χ1) is 10.2. The number of rotatable bonds is 7. The van der Waals surface area contributed by atoms with Crippen LogP contribution in [-0.2, 0) is 13.1 Å². The van der Waals surface area contributed by atoms with E-state index in [0.717, 1.165) is 26.1 Å². The summed E-state index contributed by atoms with van der Waals surface area (Å²) in [5.74, 6) is 0. The molecule has 0 aliphatic carbocycles. The van der Waals surface area contributed by atoms with Gasteiger partial charge in [0.1, 0.15) is 0 Å². The summed E-state index contributed by atoms with van der Waals surface area (Å²) in [4.78, 5) is 6.55. The summed E-state index contributed by atoms with van der Waals surface area (Å²) in [7, 11) is 2.13. The highest BCUT2D eigenvalue weighted by Gasteiger charge is 2.08. The fourth-order valence-corrected chi connectivity index (χ4v) is 2.48. The fraction of sp³-hybridized carbons (Fsp3) is 0.389. The van der Waals surface area contributed by atoms with Gasteiger partial charge in [0.15, 0.2) is 0 Å². The molecule has 3 heteroatoms. The SMILES string of the molecule is CCCNCc1ccncc1N(C)Cc1cccc(C)c1. The Bertz CT molecular complexity index is 566. The second-order valence-electron chi connectivity index (χ2n) is 5.53. The molecule has 2 rings (SSSR count). The molecule has 0 unspecified atom stereocenters. The Morgan fingerprint density at radius 3 is 2.86 bits per heavy atom. The van der Waals surface area contributed by atoms with Crippen LogP contribution in [0.4, 0.5) is 5.69 Å². The van der Waals surface area contributed by atoms with Crippen molar-refractivity contribution in [2.45, 2.75) is 33.4 Å². The van der Waals surface area contributed by atoms with Gasteiger partial charge in [-0.3, -0.25) is 4.98 Å². The molecule has 0 saturated carbocycles. The highest BCUT2D eigenvalue weighted by atomic mass is 15.1. The van der Waals surface area contributed by atoms with Crippen LogP contribution in [0.25, 0.3) is 0 Å². The van der Waals surface area contributed by atoms with Crippen LogP contribution in [0.15, 0.2) is 42.7 Å². The molecule has 0 atom stereocenters. The topological polar surface area (TPSA) is 28.2 Å². The van der Waals surface area contributed by atoms with Gasteiger partial charge in [0.25, 0.3) is 0 Å². The molecular weight excluding hydrogens is 258 g/mol. The molecule has 1 aromatic heterocycles. The highest BCUT2D eigenvalue weighted by Crippen LogP contribution is 2.20. The van der Waals surface area contributed by atoms with Crippen molar-refractivity contribution in [1.29, 1.82) is 0 Å². The molecule has 0 amide bonds. The van der Waals surface area contributed by atoms with E-state index in [4.69, 9.17) is 0 Å². The van der Waals surface area contributed by atoms with E-state index >= 15 is 0 Å². The molecule has 21 heavy (non-hydrogen) atoms. The second kappa shape index (κ2) is 7.79. The quantitative estimate of drug-likeness (QED) is 0.788. The smallest absolute Gasteiger partial charge is 0.0598 e. The largest absolute Gasteiger partial charge is 0.369 e. The average Bonchev–Trinajstić information content (AvgIpc) is 2.48. The number of pyridine rings is 1. The Morgan fingerprint density at radius 1 is 1.24 bits per heavy atom. The fourth-order valence-electron chi connectivity index (χ4n) is 2.48. The minimum Gasteiger partial charge on any atom is -0.369 e. The van der Waals surface area contributed by atoms with Gasteiger partial charge < -0.3 is 10.2 Å². The minimum atomic E-state index is 0.893. The summed E-state index contributed by atoms with van der Waals surface area (Å²) in [5, 5.41) is 3.47. The maximum absolute atomic E-state index is 4.28. The number of aryl methyl sites for hydroxylation is 1. The highest BCUT2D eigenvalue weighted by molar-refractivity contribution is 5.51. The van der Waals surface area contributed by atoms with Crippen LogP contribution < -0.4 is 10.2 Å². The van der Waals surface area contributed by atoms with Crippen LogP contribution in [0.5, 0.6) is 0 Å². The van der Waals surface area contributed by atoms with Crippen LogP contribution in [0.3, 0.4) is 0 Å². The van der Waals surface area contributed by atoms with Crippen LogP contribution in [-0.4, -0.2) is 18.6 Å². The van der Waals surface area contributed by atoms with Gasteiger partial charge >= 0.3 is 0 Å². The molecule has 1 aromatic carbocycles. The average molecular weight is 283 g/mol. The summed E-state index contributed by atoms with van der Waals surface area (Å²) in [6.07, 6.45) is 4.98. The Morgan fingerprint density at radius 2 is 2.10 bits per heavy atom. The summed E-state index contributed by atoms with van der Waals surface area (Å²) in [6, 6.07) is 10.8. The summed E-state index contributed by atoms with van der Waals surface area (Å²) in [5.41, 5.74) is 5.13. The van der Waals surface area contributed by atoms with E-state index in [0.29, 0.717) is 0 Å². The standard InChI is InChI=1S/C18H25N3/c1-4-9-19-12-17-8-10-20-13-18(17)21(3)14-16-7-5-6-15(2)11-16/h5-8,10-11,13,19H,4,9,12,14H2,1-3H3. The molecule has 0 fully saturated rings. The number of anilines is 1. The number of hydrogen-bond donors (Lipinski definition) is 1. The summed E-state index contributed by atoms with van der Waals surface area (Å²) < 4.78 is 0. The lowest BCUT2D eigenvalue weighted by molar-refractivity contribution is 0.673. The van der Waals surface area contributed by atoms with E-state index in [2.05, 4.69) is 66.4 Å². The van der Waals surface area contributed by atoms with Gasteiger partial charge in [-0.15, -0.1) is 0 Å². The van der Waals surface area contributed by atoms with E-state index in [1.165, 1.54) is 22.4 Å². The van der Waals surface area contributed by atoms with Gasteiger partial charge in [0, 0.05) is 26.3 Å². The minimum absolute atomic E-state index is 0.893. The predicted molar refractivity (Wildman–Crippen MR) is 89.5 cm³/mol. The molecule has 1 heterocycles. The first-order valence-electron chi connectivity index (χ1n) is 7.61. The van der Waals surface area contributed by atoms with E-state index < -0.39 is 0 Å². The van der Waals surface area contributed by atoms with E-state index in [-0.39, 0.29) is 0 Å². The lowest BCUT2D eigenvalue weighted by Crippen LogP contribution is -2.21. The Kier molecular flexibility index (Phi) is 5.76. The van der Waals surface area contributed by atoms with Crippen LogP contribution in [0, 0.1) is 6.92 Å². The van der Waals surface area contributed by atoms with Crippen LogP contribution >= 0.6 is 0 Å². The maximum atomic E-state index is 4.28. The predicted octanol–water partition coefficient (Wildman–Crippen LogP) is 3.53. The third-order valence-corrected chi connectivity index (χ3v) is 3.54. The van der Waals surface area contributed by atoms with Gasteiger partial charge in [-0.05, 0) is 37.1 Å². The third kappa shape index (κ3) is 4.57. The second-order valence-corrected chi connectivity index (χ2v) is 5.53. The molecule has 2 aromatic rings. The maximum Gasteiger partial charge on any atom is 0.0598 e.